The normalized spacial score (nSPS) is 14.2. The molecular formula is C11H12O. The Morgan fingerprint density at radius 2 is 2.08 bits per heavy atom. The Hall–Kier alpha value is -1.08. The lowest BCUT2D eigenvalue weighted by molar-refractivity contribution is 0.305. The van der Waals surface area contributed by atoms with Gasteiger partial charge in [0.15, 0.2) is 0 Å². The van der Waals surface area contributed by atoms with Crippen molar-refractivity contribution in [3.8, 4) is 0 Å². The molecular weight excluding hydrogens is 148 g/mol. The first-order valence-electron chi connectivity index (χ1n) is 4.30. The summed E-state index contributed by atoms with van der Waals surface area (Å²) >= 11 is 0. The van der Waals surface area contributed by atoms with Crippen LogP contribution in [0.2, 0.25) is 0 Å². The summed E-state index contributed by atoms with van der Waals surface area (Å²) < 4.78 is 0. The van der Waals surface area contributed by atoms with Crippen LogP contribution in [0.5, 0.6) is 0 Å². The molecule has 62 valence electrons. The van der Waals surface area contributed by atoms with Crippen molar-refractivity contribution < 1.29 is 5.11 Å². The molecule has 1 aromatic rings. The molecule has 1 heteroatoms. The molecule has 0 bridgehead atoms. The molecule has 0 fully saturated rings. The molecule has 1 N–H and O–H groups in total. The SMILES string of the molecule is OCCC1=CCc2ccccc21. The van der Waals surface area contributed by atoms with Gasteiger partial charge in [-0.15, -0.1) is 0 Å². The van der Waals surface area contributed by atoms with Crippen molar-refractivity contribution in [3.63, 3.8) is 0 Å². The van der Waals surface area contributed by atoms with E-state index in [1.54, 1.807) is 0 Å². The van der Waals surface area contributed by atoms with E-state index in [2.05, 4.69) is 30.3 Å². The molecule has 0 atom stereocenters. The standard InChI is InChI=1S/C11H12O/c12-8-7-10-6-5-9-3-1-2-4-11(9)10/h1-4,6,12H,5,7-8H2. The van der Waals surface area contributed by atoms with Crippen LogP contribution >= 0.6 is 0 Å². The predicted molar refractivity (Wildman–Crippen MR) is 49.8 cm³/mol. The average molecular weight is 160 g/mol. The first-order chi connectivity index (χ1) is 5.92. The number of aliphatic hydroxyl groups is 1. The van der Waals surface area contributed by atoms with Crippen LogP contribution in [0.1, 0.15) is 17.5 Å². The minimum Gasteiger partial charge on any atom is -0.396 e. The fraction of sp³-hybridized carbons (Fsp3) is 0.273. The van der Waals surface area contributed by atoms with E-state index in [0.717, 1.165) is 12.8 Å². The maximum absolute atomic E-state index is 8.81. The van der Waals surface area contributed by atoms with Gasteiger partial charge >= 0.3 is 0 Å². The van der Waals surface area contributed by atoms with Gasteiger partial charge in [-0.05, 0) is 29.5 Å². The van der Waals surface area contributed by atoms with Gasteiger partial charge in [-0.3, -0.25) is 0 Å². The van der Waals surface area contributed by atoms with Crippen molar-refractivity contribution in [2.75, 3.05) is 6.61 Å². The van der Waals surface area contributed by atoms with Gasteiger partial charge in [-0.25, -0.2) is 0 Å². The maximum Gasteiger partial charge on any atom is 0.0471 e. The second kappa shape index (κ2) is 3.11. The minimum absolute atomic E-state index is 0.250. The number of hydrogen-bond acceptors (Lipinski definition) is 1. The van der Waals surface area contributed by atoms with Gasteiger partial charge in [0, 0.05) is 6.61 Å². The Kier molecular flexibility index (Phi) is 1.96. The summed E-state index contributed by atoms with van der Waals surface area (Å²) in [4.78, 5) is 0. The molecule has 1 aliphatic carbocycles. The Bertz CT molecular complexity index is 313. The van der Waals surface area contributed by atoms with Gasteiger partial charge in [0.2, 0.25) is 0 Å². The predicted octanol–water partition coefficient (Wildman–Crippen LogP) is 2.01. The molecule has 0 radical (unpaired) electrons. The van der Waals surface area contributed by atoms with Gasteiger partial charge in [0.05, 0.1) is 0 Å². The molecule has 0 aromatic heterocycles. The molecule has 0 amide bonds. The van der Waals surface area contributed by atoms with Crippen molar-refractivity contribution >= 4 is 5.57 Å². The van der Waals surface area contributed by atoms with E-state index in [1.807, 2.05) is 0 Å². The molecule has 0 saturated carbocycles. The third kappa shape index (κ3) is 1.16. The van der Waals surface area contributed by atoms with E-state index in [4.69, 9.17) is 5.11 Å². The second-order valence-corrected chi connectivity index (χ2v) is 3.06. The summed E-state index contributed by atoms with van der Waals surface area (Å²) in [7, 11) is 0. The molecule has 1 aliphatic rings. The van der Waals surface area contributed by atoms with Crippen LogP contribution in [0.25, 0.3) is 5.57 Å². The van der Waals surface area contributed by atoms with Gasteiger partial charge in [-0.2, -0.15) is 0 Å². The summed E-state index contributed by atoms with van der Waals surface area (Å²) in [5, 5.41) is 8.81. The highest BCUT2D eigenvalue weighted by Gasteiger charge is 2.11. The molecule has 0 spiro atoms. The number of hydrogen-bond donors (Lipinski definition) is 1. The molecule has 0 heterocycles. The van der Waals surface area contributed by atoms with E-state index in [9.17, 15) is 0 Å². The lowest BCUT2D eigenvalue weighted by Crippen LogP contribution is -1.87. The fourth-order valence-electron chi connectivity index (χ4n) is 1.71. The molecule has 1 aromatic carbocycles. The molecule has 0 saturated heterocycles. The molecule has 0 aliphatic heterocycles. The highest BCUT2D eigenvalue weighted by Crippen LogP contribution is 2.28. The monoisotopic (exact) mass is 160 g/mol. The lowest BCUT2D eigenvalue weighted by Gasteiger charge is -2.02. The fourth-order valence-corrected chi connectivity index (χ4v) is 1.71. The van der Waals surface area contributed by atoms with Gasteiger partial charge in [0.1, 0.15) is 0 Å². The zero-order valence-corrected chi connectivity index (χ0v) is 6.96. The van der Waals surface area contributed by atoms with E-state index in [0.29, 0.717) is 0 Å². The van der Waals surface area contributed by atoms with Crippen LogP contribution < -0.4 is 0 Å². The zero-order valence-electron chi connectivity index (χ0n) is 6.96. The van der Waals surface area contributed by atoms with E-state index in [-0.39, 0.29) is 6.61 Å². The first-order valence-corrected chi connectivity index (χ1v) is 4.30. The highest BCUT2D eigenvalue weighted by molar-refractivity contribution is 5.72. The summed E-state index contributed by atoms with van der Waals surface area (Å²) in [6.07, 6.45) is 4.03. The zero-order chi connectivity index (χ0) is 8.39. The number of rotatable bonds is 2. The smallest absolute Gasteiger partial charge is 0.0471 e. The van der Waals surface area contributed by atoms with Gasteiger partial charge in [-0.1, -0.05) is 30.3 Å². The summed E-state index contributed by atoms with van der Waals surface area (Å²) in [6, 6.07) is 8.39. The van der Waals surface area contributed by atoms with Crippen LogP contribution in [-0.2, 0) is 6.42 Å². The van der Waals surface area contributed by atoms with Crippen LogP contribution in [0, 0.1) is 0 Å². The second-order valence-electron chi connectivity index (χ2n) is 3.06. The molecule has 0 unspecified atom stereocenters. The maximum atomic E-state index is 8.81. The van der Waals surface area contributed by atoms with E-state index < -0.39 is 0 Å². The van der Waals surface area contributed by atoms with Crippen molar-refractivity contribution in [2.24, 2.45) is 0 Å². The van der Waals surface area contributed by atoms with E-state index >= 15 is 0 Å². The van der Waals surface area contributed by atoms with Crippen molar-refractivity contribution in [3.05, 3.63) is 41.5 Å². The van der Waals surface area contributed by atoms with Gasteiger partial charge < -0.3 is 5.11 Å². The minimum atomic E-state index is 0.250. The van der Waals surface area contributed by atoms with Crippen molar-refractivity contribution in [2.45, 2.75) is 12.8 Å². The number of aliphatic hydroxyl groups excluding tert-OH is 1. The van der Waals surface area contributed by atoms with Crippen LogP contribution in [-0.4, -0.2) is 11.7 Å². The molecule has 12 heavy (non-hydrogen) atoms. The van der Waals surface area contributed by atoms with Crippen LogP contribution in [0.15, 0.2) is 30.3 Å². The quantitative estimate of drug-likeness (QED) is 0.701. The van der Waals surface area contributed by atoms with Crippen molar-refractivity contribution in [1.82, 2.24) is 0 Å². The average Bonchev–Trinajstić information content (AvgIpc) is 2.50. The molecule has 1 nitrogen and oxygen atoms in total. The van der Waals surface area contributed by atoms with Crippen LogP contribution in [0.4, 0.5) is 0 Å². The summed E-state index contributed by atoms with van der Waals surface area (Å²) in [6.45, 7) is 0.250. The summed E-state index contributed by atoms with van der Waals surface area (Å²) in [5.74, 6) is 0. The van der Waals surface area contributed by atoms with Crippen LogP contribution in [0.3, 0.4) is 0 Å². The largest absolute Gasteiger partial charge is 0.396 e. The Morgan fingerprint density at radius 3 is 2.92 bits per heavy atom. The number of fused-ring (bicyclic) bond motifs is 1. The Morgan fingerprint density at radius 1 is 1.25 bits per heavy atom. The number of benzene rings is 1. The third-order valence-corrected chi connectivity index (χ3v) is 2.31. The topological polar surface area (TPSA) is 20.2 Å². The Labute approximate surface area is 72.4 Å². The highest BCUT2D eigenvalue weighted by atomic mass is 16.2. The van der Waals surface area contributed by atoms with Gasteiger partial charge in [0.25, 0.3) is 0 Å². The van der Waals surface area contributed by atoms with Crippen molar-refractivity contribution in [1.29, 1.82) is 0 Å². The molecule has 2 rings (SSSR count). The number of allylic oxidation sites excluding steroid dienone is 1. The first kappa shape index (κ1) is 7.56. The Balaban J connectivity index is 2.32. The van der Waals surface area contributed by atoms with E-state index in [1.165, 1.54) is 16.7 Å². The summed E-state index contributed by atoms with van der Waals surface area (Å²) in [5.41, 5.74) is 4.01. The lowest BCUT2D eigenvalue weighted by atomic mass is 10.0. The third-order valence-electron chi connectivity index (χ3n) is 2.31.